The SMILES string of the molecule is CC(C)(C)c1ccc(-c2nnc(SCC(=O)NNC(=O)c3ccc(Cl)cc3)n2N)cc1. The molecule has 4 N–H and O–H groups in total. The normalized spacial score (nSPS) is 11.2. The molecule has 0 aliphatic heterocycles. The summed E-state index contributed by atoms with van der Waals surface area (Å²) in [4.78, 5) is 24.1. The van der Waals surface area contributed by atoms with Crippen LogP contribution >= 0.6 is 23.4 Å². The minimum atomic E-state index is -0.446. The number of benzene rings is 2. The molecule has 3 aromatic rings. The number of nitrogens with one attached hydrogen (secondary N) is 2. The minimum Gasteiger partial charge on any atom is -0.335 e. The van der Waals surface area contributed by atoms with Crippen molar-refractivity contribution in [3.05, 3.63) is 64.7 Å². The molecule has 31 heavy (non-hydrogen) atoms. The van der Waals surface area contributed by atoms with Crippen molar-refractivity contribution in [2.75, 3.05) is 11.6 Å². The van der Waals surface area contributed by atoms with E-state index in [9.17, 15) is 9.59 Å². The van der Waals surface area contributed by atoms with E-state index in [-0.39, 0.29) is 11.2 Å². The van der Waals surface area contributed by atoms with Gasteiger partial charge in [-0.1, -0.05) is 68.4 Å². The van der Waals surface area contributed by atoms with Crippen LogP contribution in [0.3, 0.4) is 0 Å². The molecule has 0 fully saturated rings. The van der Waals surface area contributed by atoms with Crippen LogP contribution in [0.1, 0.15) is 36.7 Å². The fraction of sp³-hybridized carbons (Fsp3) is 0.238. The summed E-state index contributed by atoms with van der Waals surface area (Å²) >= 11 is 6.91. The molecule has 2 aromatic carbocycles. The number of carbonyl (C=O) groups is 2. The third-order valence-electron chi connectivity index (χ3n) is 4.43. The largest absolute Gasteiger partial charge is 0.335 e. The average Bonchev–Trinajstić information content (AvgIpc) is 3.10. The first-order chi connectivity index (χ1) is 14.6. The highest BCUT2D eigenvalue weighted by Crippen LogP contribution is 2.26. The number of hydrazine groups is 1. The van der Waals surface area contributed by atoms with Crippen LogP contribution in [0, 0.1) is 0 Å². The van der Waals surface area contributed by atoms with Crippen molar-refractivity contribution in [2.45, 2.75) is 31.3 Å². The molecule has 2 amide bonds. The van der Waals surface area contributed by atoms with Crippen molar-refractivity contribution in [3.8, 4) is 11.4 Å². The summed E-state index contributed by atoms with van der Waals surface area (Å²) in [5.74, 6) is 5.76. The molecule has 1 aromatic heterocycles. The maximum Gasteiger partial charge on any atom is 0.269 e. The van der Waals surface area contributed by atoms with Gasteiger partial charge in [0.05, 0.1) is 5.75 Å². The third kappa shape index (κ3) is 5.77. The van der Waals surface area contributed by atoms with Gasteiger partial charge in [-0.15, -0.1) is 10.2 Å². The second kappa shape index (κ2) is 9.40. The minimum absolute atomic E-state index is 0.000800. The van der Waals surface area contributed by atoms with Crippen molar-refractivity contribution >= 4 is 35.2 Å². The lowest BCUT2D eigenvalue weighted by Crippen LogP contribution is -2.42. The molecule has 0 radical (unpaired) electrons. The molecule has 0 unspecified atom stereocenters. The zero-order chi connectivity index (χ0) is 22.6. The smallest absolute Gasteiger partial charge is 0.269 e. The van der Waals surface area contributed by atoms with E-state index in [4.69, 9.17) is 17.4 Å². The summed E-state index contributed by atoms with van der Waals surface area (Å²) < 4.78 is 1.34. The van der Waals surface area contributed by atoms with Gasteiger partial charge in [0.2, 0.25) is 11.1 Å². The lowest BCUT2D eigenvalue weighted by molar-refractivity contribution is -0.119. The number of nitrogen functional groups attached to an aromatic ring is 1. The maximum atomic E-state index is 12.1. The first kappa shape index (κ1) is 22.6. The van der Waals surface area contributed by atoms with Gasteiger partial charge in [0.15, 0.2) is 5.82 Å². The molecule has 0 bridgehead atoms. The van der Waals surface area contributed by atoms with Crippen molar-refractivity contribution in [1.29, 1.82) is 0 Å². The summed E-state index contributed by atoms with van der Waals surface area (Å²) in [5.41, 5.74) is 7.15. The van der Waals surface area contributed by atoms with Crippen molar-refractivity contribution in [2.24, 2.45) is 0 Å². The Morgan fingerprint density at radius 2 is 1.68 bits per heavy atom. The molecule has 0 aliphatic carbocycles. The number of carbonyl (C=O) groups excluding carboxylic acids is 2. The van der Waals surface area contributed by atoms with Gasteiger partial charge < -0.3 is 5.84 Å². The van der Waals surface area contributed by atoms with E-state index >= 15 is 0 Å². The number of amides is 2. The Labute approximate surface area is 189 Å². The van der Waals surface area contributed by atoms with Gasteiger partial charge >= 0.3 is 0 Å². The Balaban J connectivity index is 1.55. The summed E-state index contributed by atoms with van der Waals surface area (Å²) in [6.07, 6.45) is 0. The lowest BCUT2D eigenvalue weighted by atomic mass is 9.87. The molecule has 0 atom stereocenters. The Bertz CT molecular complexity index is 1070. The number of aromatic nitrogens is 3. The number of hydrogen-bond donors (Lipinski definition) is 3. The Kier molecular flexibility index (Phi) is 6.87. The van der Waals surface area contributed by atoms with Crippen LogP contribution in [0.5, 0.6) is 0 Å². The van der Waals surface area contributed by atoms with Gasteiger partial charge in [-0.2, -0.15) is 0 Å². The van der Waals surface area contributed by atoms with Gasteiger partial charge in [-0.25, -0.2) is 4.68 Å². The number of thioether (sulfide) groups is 1. The second-order valence-corrected chi connectivity index (χ2v) is 9.18. The molecule has 10 heteroatoms. The van der Waals surface area contributed by atoms with E-state index in [0.717, 1.165) is 17.3 Å². The van der Waals surface area contributed by atoms with E-state index in [2.05, 4.69) is 41.8 Å². The maximum absolute atomic E-state index is 12.1. The zero-order valence-corrected chi connectivity index (χ0v) is 18.9. The van der Waals surface area contributed by atoms with E-state index < -0.39 is 11.8 Å². The highest BCUT2D eigenvalue weighted by atomic mass is 35.5. The van der Waals surface area contributed by atoms with E-state index in [0.29, 0.717) is 21.6 Å². The summed E-state index contributed by atoms with van der Waals surface area (Å²) in [6, 6.07) is 14.3. The van der Waals surface area contributed by atoms with E-state index in [1.165, 1.54) is 10.2 Å². The predicted molar refractivity (Wildman–Crippen MR) is 122 cm³/mol. The fourth-order valence-corrected chi connectivity index (χ4v) is 3.44. The molecular weight excluding hydrogens is 436 g/mol. The van der Waals surface area contributed by atoms with Gasteiger partial charge in [0, 0.05) is 16.1 Å². The van der Waals surface area contributed by atoms with E-state index in [1.807, 2.05) is 24.3 Å². The highest BCUT2D eigenvalue weighted by molar-refractivity contribution is 7.99. The van der Waals surface area contributed by atoms with Gasteiger partial charge in [0.25, 0.3) is 5.91 Å². The van der Waals surface area contributed by atoms with Crippen LogP contribution in [0.4, 0.5) is 0 Å². The molecule has 0 aliphatic rings. The Morgan fingerprint density at radius 1 is 1.03 bits per heavy atom. The summed E-state index contributed by atoms with van der Waals surface area (Å²) in [7, 11) is 0. The molecule has 8 nitrogen and oxygen atoms in total. The van der Waals surface area contributed by atoms with Crippen molar-refractivity contribution in [1.82, 2.24) is 25.7 Å². The van der Waals surface area contributed by atoms with Crippen LogP contribution < -0.4 is 16.7 Å². The fourth-order valence-electron chi connectivity index (χ4n) is 2.66. The molecule has 0 saturated heterocycles. The zero-order valence-electron chi connectivity index (χ0n) is 17.3. The Hall–Kier alpha value is -3.04. The predicted octanol–water partition coefficient (Wildman–Crippen LogP) is 3.16. The lowest BCUT2D eigenvalue weighted by Gasteiger charge is -2.19. The molecule has 0 saturated carbocycles. The van der Waals surface area contributed by atoms with Crippen LogP contribution in [0.25, 0.3) is 11.4 Å². The summed E-state index contributed by atoms with van der Waals surface area (Å²) in [6.45, 7) is 6.43. The van der Waals surface area contributed by atoms with Crippen LogP contribution in [-0.2, 0) is 10.2 Å². The molecule has 162 valence electrons. The van der Waals surface area contributed by atoms with E-state index in [1.54, 1.807) is 24.3 Å². The van der Waals surface area contributed by atoms with Crippen molar-refractivity contribution in [3.63, 3.8) is 0 Å². The number of hydrogen-bond acceptors (Lipinski definition) is 6. The van der Waals surface area contributed by atoms with Crippen LogP contribution in [0.2, 0.25) is 5.02 Å². The standard InChI is InChI=1S/C21H23ClN6O2S/c1-21(2,3)15-8-4-13(5-9-15)18-25-27-20(28(18)23)31-12-17(29)24-26-19(30)14-6-10-16(22)11-7-14/h4-11H,12,23H2,1-3H3,(H,24,29)(H,26,30). The first-order valence-electron chi connectivity index (χ1n) is 9.44. The van der Waals surface area contributed by atoms with Gasteiger partial charge in [0.1, 0.15) is 0 Å². The summed E-state index contributed by atoms with van der Waals surface area (Å²) in [5, 5.41) is 9.09. The second-order valence-electron chi connectivity index (χ2n) is 7.80. The van der Waals surface area contributed by atoms with Gasteiger partial charge in [-0.3, -0.25) is 20.4 Å². The molecular formula is C21H23ClN6O2S. The topological polar surface area (TPSA) is 115 Å². The molecule has 1 heterocycles. The van der Waals surface area contributed by atoms with Crippen LogP contribution in [0.15, 0.2) is 53.7 Å². The van der Waals surface area contributed by atoms with Crippen LogP contribution in [-0.4, -0.2) is 32.4 Å². The first-order valence-corrected chi connectivity index (χ1v) is 10.8. The Morgan fingerprint density at radius 3 is 2.29 bits per heavy atom. The number of nitrogens with zero attached hydrogens (tertiary/aromatic N) is 3. The molecule has 0 spiro atoms. The average molecular weight is 459 g/mol. The third-order valence-corrected chi connectivity index (χ3v) is 5.62. The quantitative estimate of drug-likeness (QED) is 0.307. The number of halogens is 1. The molecule has 3 rings (SSSR count). The monoisotopic (exact) mass is 458 g/mol. The number of nitrogens with two attached hydrogens (primary N) is 1. The number of rotatable bonds is 5. The van der Waals surface area contributed by atoms with Gasteiger partial charge in [-0.05, 0) is 35.2 Å². The highest BCUT2D eigenvalue weighted by Gasteiger charge is 2.17. The van der Waals surface area contributed by atoms with Crippen molar-refractivity contribution < 1.29 is 9.59 Å².